The SMILES string of the molecule is CCC(NC(=O)NCC1CCCC1)C(=O)O. The zero-order valence-electron chi connectivity index (χ0n) is 9.66. The zero-order chi connectivity index (χ0) is 12.0. The maximum atomic E-state index is 11.4. The predicted octanol–water partition coefficient (Wildman–Crippen LogP) is 1.34. The molecule has 0 radical (unpaired) electrons. The normalized spacial score (nSPS) is 18.1. The van der Waals surface area contributed by atoms with E-state index in [1.165, 1.54) is 12.8 Å². The summed E-state index contributed by atoms with van der Waals surface area (Å²) in [6.45, 7) is 2.39. The average Bonchev–Trinajstić information content (AvgIpc) is 2.75. The second-order valence-electron chi connectivity index (χ2n) is 4.30. The molecule has 1 rings (SSSR count). The fourth-order valence-electron chi connectivity index (χ4n) is 2.00. The van der Waals surface area contributed by atoms with Crippen LogP contribution in [0.5, 0.6) is 0 Å². The van der Waals surface area contributed by atoms with E-state index in [2.05, 4.69) is 10.6 Å². The van der Waals surface area contributed by atoms with Gasteiger partial charge >= 0.3 is 12.0 Å². The maximum Gasteiger partial charge on any atom is 0.326 e. The first-order valence-corrected chi connectivity index (χ1v) is 5.90. The van der Waals surface area contributed by atoms with E-state index >= 15 is 0 Å². The van der Waals surface area contributed by atoms with E-state index in [0.29, 0.717) is 18.9 Å². The fraction of sp³-hybridized carbons (Fsp3) is 0.818. The smallest absolute Gasteiger partial charge is 0.326 e. The molecule has 1 unspecified atom stereocenters. The van der Waals surface area contributed by atoms with Crippen LogP contribution < -0.4 is 10.6 Å². The summed E-state index contributed by atoms with van der Waals surface area (Å²) < 4.78 is 0. The average molecular weight is 228 g/mol. The van der Waals surface area contributed by atoms with Gasteiger partial charge in [0.15, 0.2) is 0 Å². The molecule has 5 heteroatoms. The molecule has 1 aliphatic carbocycles. The molecule has 0 aromatic carbocycles. The Labute approximate surface area is 95.6 Å². The number of carboxylic acid groups (broad SMARTS) is 1. The van der Waals surface area contributed by atoms with E-state index in [1.54, 1.807) is 6.92 Å². The summed E-state index contributed by atoms with van der Waals surface area (Å²) >= 11 is 0. The van der Waals surface area contributed by atoms with E-state index in [4.69, 9.17) is 5.11 Å². The summed E-state index contributed by atoms with van der Waals surface area (Å²) in [4.78, 5) is 22.1. The Balaban J connectivity index is 2.21. The standard InChI is InChI=1S/C11H20N2O3/c1-2-9(10(14)15)13-11(16)12-7-8-5-3-4-6-8/h8-9H,2-7H2,1H3,(H,14,15)(H2,12,13,16). The van der Waals surface area contributed by atoms with Crippen molar-refractivity contribution in [2.45, 2.75) is 45.1 Å². The summed E-state index contributed by atoms with van der Waals surface area (Å²) in [5.41, 5.74) is 0. The highest BCUT2D eigenvalue weighted by atomic mass is 16.4. The lowest BCUT2D eigenvalue weighted by atomic mass is 10.1. The molecule has 5 nitrogen and oxygen atoms in total. The third-order valence-electron chi connectivity index (χ3n) is 3.04. The molecule has 0 aromatic rings. The Morgan fingerprint density at radius 3 is 2.50 bits per heavy atom. The molecule has 0 saturated heterocycles. The van der Waals surface area contributed by atoms with Crippen LogP contribution in [0.4, 0.5) is 4.79 Å². The Hall–Kier alpha value is -1.26. The van der Waals surface area contributed by atoms with Crippen LogP contribution in [0.2, 0.25) is 0 Å². The number of carboxylic acids is 1. The molecule has 2 amide bonds. The highest BCUT2D eigenvalue weighted by molar-refractivity contribution is 5.82. The van der Waals surface area contributed by atoms with Crippen molar-refractivity contribution in [1.82, 2.24) is 10.6 Å². The van der Waals surface area contributed by atoms with E-state index in [-0.39, 0.29) is 6.03 Å². The van der Waals surface area contributed by atoms with Gasteiger partial charge in [-0.15, -0.1) is 0 Å². The van der Waals surface area contributed by atoms with Crippen molar-refractivity contribution >= 4 is 12.0 Å². The lowest BCUT2D eigenvalue weighted by Crippen LogP contribution is -2.46. The summed E-state index contributed by atoms with van der Waals surface area (Å²) in [5, 5.41) is 13.9. The lowest BCUT2D eigenvalue weighted by molar-refractivity contribution is -0.139. The topological polar surface area (TPSA) is 78.4 Å². The van der Waals surface area contributed by atoms with Crippen molar-refractivity contribution in [3.63, 3.8) is 0 Å². The summed E-state index contributed by atoms with van der Waals surface area (Å²) in [6, 6.07) is -1.16. The van der Waals surface area contributed by atoms with Crippen LogP contribution in [0.3, 0.4) is 0 Å². The van der Waals surface area contributed by atoms with Crippen molar-refractivity contribution in [3.05, 3.63) is 0 Å². The predicted molar refractivity (Wildman–Crippen MR) is 60.2 cm³/mol. The highest BCUT2D eigenvalue weighted by Gasteiger charge is 2.19. The number of rotatable bonds is 5. The molecule has 1 aliphatic rings. The van der Waals surface area contributed by atoms with Gasteiger partial charge < -0.3 is 15.7 Å². The molecule has 16 heavy (non-hydrogen) atoms. The van der Waals surface area contributed by atoms with Crippen LogP contribution in [0.25, 0.3) is 0 Å². The Kier molecular flexibility index (Phi) is 5.08. The number of hydrogen-bond donors (Lipinski definition) is 3. The molecule has 0 aliphatic heterocycles. The summed E-state index contributed by atoms with van der Waals surface area (Å²) in [6.07, 6.45) is 5.19. The Morgan fingerprint density at radius 2 is 2.00 bits per heavy atom. The molecule has 0 heterocycles. The third-order valence-corrected chi connectivity index (χ3v) is 3.04. The molecule has 0 spiro atoms. The van der Waals surface area contributed by atoms with Gasteiger partial charge in [0.2, 0.25) is 0 Å². The first-order chi connectivity index (χ1) is 7.63. The van der Waals surface area contributed by atoms with Gasteiger partial charge in [-0.25, -0.2) is 9.59 Å². The minimum atomic E-state index is -0.987. The molecular weight excluding hydrogens is 208 g/mol. The molecule has 1 saturated carbocycles. The fourth-order valence-corrected chi connectivity index (χ4v) is 2.00. The van der Waals surface area contributed by atoms with Crippen LogP contribution in [0.15, 0.2) is 0 Å². The first kappa shape index (κ1) is 12.8. The number of urea groups is 1. The van der Waals surface area contributed by atoms with Crippen molar-refractivity contribution < 1.29 is 14.7 Å². The van der Waals surface area contributed by atoms with Gasteiger partial charge in [0, 0.05) is 6.54 Å². The van der Waals surface area contributed by atoms with Crippen molar-refractivity contribution in [2.24, 2.45) is 5.92 Å². The van der Waals surface area contributed by atoms with Gasteiger partial charge in [-0.3, -0.25) is 0 Å². The van der Waals surface area contributed by atoms with Gasteiger partial charge in [-0.1, -0.05) is 19.8 Å². The van der Waals surface area contributed by atoms with Crippen LogP contribution in [0.1, 0.15) is 39.0 Å². The van der Waals surface area contributed by atoms with Crippen LogP contribution in [-0.2, 0) is 4.79 Å². The Morgan fingerprint density at radius 1 is 1.38 bits per heavy atom. The first-order valence-electron chi connectivity index (χ1n) is 5.90. The maximum absolute atomic E-state index is 11.4. The number of carbonyl (C=O) groups excluding carboxylic acids is 1. The van der Waals surface area contributed by atoms with Gasteiger partial charge in [0.05, 0.1) is 0 Å². The highest BCUT2D eigenvalue weighted by Crippen LogP contribution is 2.23. The van der Waals surface area contributed by atoms with Crippen LogP contribution in [0, 0.1) is 5.92 Å². The molecule has 3 N–H and O–H groups in total. The Bertz CT molecular complexity index is 250. The van der Waals surface area contributed by atoms with Gasteiger partial charge in [-0.2, -0.15) is 0 Å². The molecule has 0 bridgehead atoms. The van der Waals surface area contributed by atoms with Gasteiger partial charge in [0.1, 0.15) is 6.04 Å². The lowest BCUT2D eigenvalue weighted by Gasteiger charge is -2.15. The van der Waals surface area contributed by atoms with Crippen LogP contribution in [-0.4, -0.2) is 29.7 Å². The summed E-state index contributed by atoms with van der Waals surface area (Å²) in [5.74, 6) is -0.422. The minimum absolute atomic E-state index is 0.374. The monoisotopic (exact) mass is 228 g/mol. The van der Waals surface area contributed by atoms with Crippen LogP contribution >= 0.6 is 0 Å². The number of nitrogens with one attached hydrogen (secondary N) is 2. The minimum Gasteiger partial charge on any atom is -0.480 e. The second kappa shape index (κ2) is 6.35. The molecule has 1 atom stereocenters. The van der Waals surface area contributed by atoms with E-state index in [9.17, 15) is 9.59 Å². The molecular formula is C11H20N2O3. The molecule has 1 fully saturated rings. The number of amides is 2. The largest absolute Gasteiger partial charge is 0.480 e. The van der Waals surface area contributed by atoms with Gasteiger partial charge in [0.25, 0.3) is 0 Å². The van der Waals surface area contributed by atoms with Crippen molar-refractivity contribution in [3.8, 4) is 0 Å². The number of carbonyl (C=O) groups is 2. The molecule has 92 valence electrons. The number of hydrogen-bond acceptors (Lipinski definition) is 2. The van der Waals surface area contributed by atoms with E-state index in [0.717, 1.165) is 12.8 Å². The van der Waals surface area contributed by atoms with E-state index < -0.39 is 12.0 Å². The van der Waals surface area contributed by atoms with E-state index in [1.807, 2.05) is 0 Å². The third kappa shape index (κ3) is 4.08. The number of aliphatic carboxylic acids is 1. The second-order valence-corrected chi connectivity index (χ2v) is 4.30. The van der Waals surface area contributed by atoms with Gasteiger partial charge in [-0.05, 0) is 25.2 Å². The van der Waals surface area contributed by atoms with Crippen molar-refractivity contribution in [2.75, 3.05) is 6.54 Å². The molecule has 0 aromatic heterocycles. The quantitative estimate of drug-likeness (QED) is 0.664. The summed E-state index contributed by atoms with van der Waals surface area (Å²) in [7, 11) is 0. The van der Waals surface area contributed by atoms with Crippen molar-refractivity contribution in [1.29, 1.82) is 0 Å². The zero-order valence-corrected chi connectivity index (χ0v) is 9.66.